The fourth-order valence-corrected chi connectivity index (χ4v) is 2.22. The zero-order valence-electron chi connectivity index (χ0n) is 14.5. The number of carbonyl (C=O) groups excluding carboxylic acids is 2. The third-order valence-corrected chi connectivity index (χ3v) is 3.66. The Morgan fingerprint density at radius 2 is 1.80 bits per heavy atom. The summed E-state index contributed by atoms with van der Waals surface area (Å²) in [6, 6.07) is 12.1. The average molecular weight is 342 g/mol. The van der Waals surface area contributed by atoms with Crippen LogP contribution in [0.2, 0.25) is 0 Å². The molecule has 2 rings (SSSR count). The molecule has 0 atom stereocenters. The van der Waals surface area contributed by atoms with Gasteiger partial charge in [0, 0.05) is 5.69 Å². The summed E-state index contributed by atoms with van der Waals surface area (Å²) in [5, 5.41) is 2.68. The van der Waals surface area contributed by atoms with Gasteiger partial charge < -0.3 is 20.5 Å². The van der Waals surface area contributed by atoms with Crippen molar-refractivity contribution in [2.45, 2.75) is 19.8 Å². The fraction of sp³-hybridized carbons (Fsp3) is 0.263. The minimum atomic E-state index is -0.625. The maximum absolute atomic E-state index is 12.0. The van der Waals surface area contributed by atoms with Crippen LogP contribution in [-0.4, -0.2) is 25.6 Å². The van der Waals surface area contributed by atoms with Gasteiger partial charge in [0.1, 0.15) is 5.75 Å². The molecule has 132 valence electrons. The van der Waals surface area contributed by atoms with Gasteiger partial charge in [0.25, 0.3) is 5.91 Å². The second kappa shape index (κ2) is 8.19. The van der Waals surface area contributed by atoms with E-state index in [1.54, 1.807) is 6.07 Å². The van der Waals surface area contributed by atoms with Gasteiger partial charge in [0.05, 0.1) is 18.4 Å². The lowest BCUT2D eigenvalue weighted by atomic mass is 10.0. The summed E-state index contributed by atoms with van der Waals surface area (Å²) in [7, 11) is 1.49. The van der Waals surface area contributed by atoms with Crippen molar-refractivity contribution < 1.29 is 19.1 Å². The van der Waals surface area contributed by atoms with Crippen LogP contribution >= 0.6 is 0 Å². The smallest absolute Gasteiger partial charge is 0.338 e. The summed E-state index contributed by atoms with van der Waals surface area (Å²) >= 11 is 0. The molecule has 0 aliphatic rings. The molecule has 0 saturated heterocycles. The summed E-state index contributed by atoms with van der Waals surface area (Å²) < 4.78 is 10.0. The summed E-state index contributed by atoms with van der Waals surface area (Å²) in [4.78, 5) is 23.9. The monoisotopic (exact) mass is 342 g/mol. The molecule has 1 amide bonds. The number of esters is 1. The van der Waals surface area contributed by atoms with Gasteiger partial charge in [-0.15, -0.1) is 0 Å². The van der Waals surface area contributed by atoms with Crippen molar-refractivity contribution in [2.24, 2.45) is 0 Å². The third-order valence-electron chi connectivity index (χ3n) is 3.66. The molecule has 2 aromatic carbocycles. The molecular formula is C19H22N2O4. The van der Waals surface area contributed by atoms with E-state index in [1.807, 2.05) is 24.3 Å². The first-order chi connectivity index (χ1) is 11.9. The topological polar surface area (TPSA) is 90.6 Å². The molecule has 0 saturated carbocycles. The van der Waals surface area contributed by atoms with Crippen LogP contribution in [0.4, 0.5) is 11.4 Å². The fourth-order valence-electron chi connectivity index (χ4n) is 2.22. The number of hydrogen-bond acceptors (Lipinski definition) is 5. The van der Waals surface area contributed by atoms with Gasteiger partial charge in [0.2, 0.25) is 0 Å². The van der Waals surface area contributed by atoms with E-state index in [4.69, 9.17) is 15.2 Å². The summed E-state index contributed by atoms with van der Waals surface area (Å²) in [6.45, 7) is 3.81. The van der Waals surface area contributed by atoms with Crippen LogP contribution in [-0.2, 0) is 9.53 Å². The van der Waals surface area contributed by atoms with Gasteiger partial charge in [0.15, 0.2) is 6.61 Å². The van der Waals surface area contributed by atoms with Crippen molar-refractivity contribution in [3.8, 4) is 5.75 Å². The first kappa shape index (κ1) is 18.3. The molecule has 0 aliphatic heterocycles. The number of nitrogens with two attached hydrogens (primary N) is 1. The first-order valence-electron chi connectivity index (χ1n) is 7.91. The normalized spacial score (nSPS) is 10.4. The minimum absolute atomic E-state index is 0.257. The second-order valence-corrected chi connectivity index (χ2v) is 5.86. The molecule has 0 aliphatic carbocycles. The Labute approximate surface area is 146 Å². The van der Waals surface area contributed by atoms with Gasteiger partial charge in [-0.05, 0) is 41.8 Å². The Bertz CT molecular complexity index is 755. The maximum Gasteiger partial charge on any atom is 0.338 e. The second-order valence-electron chi connectivity index (χ2n) is 5.86. The Kier molecular flexibility index (Phi) is 6.00. The van der Waals surface area contributed by atoms with Crippen molar-refractivity contribution in [2.75, 3.05) is 24.8 Å². The highest BCUT2D eigenvalue weighted by Crippen LogP contribution is 2.22. The zero-order chi connectivity index (χ0) is 18.4. The Morgan fingerprint density at radius 1 is 1.12 bits per heavy atom. The first-order valence-corrected chi connectivity index (χ1v) is 7.91. The lowest BCUT2D eigenvalue weighted by Gasteiger charge is -2.10. The number of anilines is 2. The van der Waals surface area contributed by atoms with E-state index < -0.39 is 11.9 Å². The predicted octanol–water partition coefficient (Wildman–Crippen LogP) is 3.20. The molecule has 0 aromatic heterocycles. The zero-order valence-corrected chi connectivity index (χ0v) is 14.5. The van der Waals surface area contributed by atoms with E-state index >= 15 is 0 Å². The highest BCUT2D eigenvalue weighted by atomic mass is 16.5. The quantitative estimate of drug-likeness (QED) is 0.621. The lowest BCUT2D eigenvalue weighted by molar-refractivity contribution is -0.119. The molecule has 6 nitrogen and oxygen atoms in total. The van der Waals surface area contributed by atoms with Crippen LogP contribution in [0, 0.1) is 0 Å². The molecule has 0 bridgehead atoms. The van der Waals surface area contributed by atoms with Crippen molar-refractivity contribution in [1.82, 2.24) is 0 Å². The van der Waals surface area contributed by atoms with Crippen LogP contribution in [0.5, 0.6) is 5.75 Å². The molecule has 0 heterocycles. The molecule has 3 N–H and O–H groups in total. The number of hydrogen-bond donors (Lipinski definition) is 2. The Hall–Kier alpha value is -3.02. The predicted molar refractivity (Wildman–Crippen MR) is 96.8 cm³/mol. The van der Waals surface area contributed by atoms with E-state index in [9.17, 15) is 9.59 Å². The van der Waals surface area contributed by atoms with Crippen molar-refractivity contribution >= 4 is 23.3 Å². The number of rotatable bonds is 6. The van der Waals surface area contributed by atoms with Crippen LogP contribution in [0.1, 0.15) is 35.7 Å². The van der Waals surface area contributed by atoms with E-state index in [1.165, 1.54) is 24.8 Å². The highest BCUT2D eigenvalue weighted by Gasteiger charge is 2.12. The molecular weight excluding hydrogens is 320 g/mol. The summed E-state index contributed by atoms with van der Waals surface area (Å²) in [5.41, 5.74) is 8.17. The van der Waals surface area contributed by atoms with E-state index in [-0.39, 0.29) is 12.2 Å². The van der Waals surface area contributed by atoms with Gasteiger partial charge in [-0.2, -0.15) is 0 Å². The number of nitrogen functional groups attached to an aromatic ring is 1. The van der Waals surface area contributed by atoms with Gasteiger partial charge in [-0.3, -0.25) is 4.79 Å². The van der Waals surface area contributed by atoms with E-state index in [2.05, 4.69) is 19.2 Å². The molecule has 6 heteroatoms. The summed E-state index contributed by atoms with van der Waals surface area (Å²) in [5.74, 6) is -0.145. The molecule has 0 unspecified atom stereocenters. The van der Waals surface area contributed by atoms with Crippen LogP contribution in [0.3, 0.4) is 0 Å². The number of ether oxygens (including phenoxy) is 2. The molecule has 25 heavy (non-hydrogen) atoms. The molecule has 0 fully saturated rings. The lowest BCUT2D eigenvalue weighted by Crippen LogP contribution is -2.21. The number of methoxy groups -OCH3 is 1. The molecule has 2 aromatic rings. The third kappa shape index (κ3) is 4.97. The SMILES string of the molecule is COc1ccc(C(=O)OCC(=O)Nc2ccc(C(C)C)cc2)cc1N. The minimum Gasteiger partial charge on any atom is -0.495 e. The van der Waals surface area contributed by atoms with Gasteiger partial charge in [-0.1, -0.05) is 26.0 Å². The molecule has 0 radical (unpaired) electrons. The van der Waals surface area contributed by atoms with Crippen LogP contribution in [0.15, 0.2) is 42.5 Å². The Balaban J connectivity index is 1.88. The maximum atomic E-state index is 12.0. The highest BCUT2D eigenvalue weighted by molar-refractivity contribution is 5.96. The van der Waals surface area contributed by atoms with Crippen LogP contribution < -0.4 is 15.8 Å². The van der Waals surface area contributed by atoms with Crippen molar-refractivity contribution in [1.29, 1.82) is 0 Å². The van der Waals surface area contributed by atoms with Gasteiger partial charge in [-0.25, -0.2) is 4.79 Å². The van der Waals surface area contributed by atoms with E-state index in [0.29, 0.717) is 23.0 Å². The number of amides is 1. The van der Waals surface area contributed by atoms with Crippen molar-refractivity contribution in [3.63, 3.8) is 0 Å². The standard InChI is InChI=1S/C19H22N2O4/c1-12(2)13-4-7-15(8-5-13)21-18(22)11-25-19(23)14-6-9-17(24-3)16(20)10-14/h4-10,12H,11,20H2,1-3H3,(H,21,22). The number of carbonyl (C=O) groups is 2. The number of nitrogens with one attached hydrogen (secondary N) is 1. The van der Waals surface area contributed by atoms with E-state index in [0.717, 1.165) is 0 Å². The Morgan fingerprint density at radius 3 is 2.36 bits per heavy atom. The van der Waals surface area contributed by atoms with Crippen LogP contribution in [0.25, 0.3) is 0 Å². The average Bonchev–Trinajstić information content (AvgIpc) is 2.60. The molecule has 0 spiro atoms. The van der Waals surface area contributed by atoms with Gasteiger partial charge >= 0.3 is 5.97 Å². The van der Waals surface area contributed by atoms with Crippen molar-refractivity contribution in [3.05, 3.63) is 53.6 Å². The number of benzene rings is 2. The largest absolute Gasteiger partial charge is 0.495 e. The summed E-state index contributed by atoms with van der Waals surface area (Å²) in [6.07, 6.45) is 0.